The Bertz CT molecular complexity index is 1790. The molecule has 13 heteroatoms. The van der Waals surface area contributed by atoms with Crippen molar-refractivity contribution in [3.05, 3.63) is 96.1 Å². The van der Waals surface area contributed by atoms with E-state index in [0.717, 1.165) is 22.9 Å². The maximum absolute atomic E-state index is 13.8. The Hall–Kier alpha value is -5.30. The van der Waals surface area contributed by atoms with Gasteiger partial charge in [-0.15, -0.1) is 0 Å². The molecule has 4 aromatic carbocycles. The summed E-state index contributed by atoms with van der Waals surface area (Å²) in [5.74, 6) is -0.669. The summed E-state index contributed by atoms with van der Waals surface area (Å²) in [4.78, 5) is 43.0. The molecule has 0 unspecified atom stereocenters. The number of nitrogens with one attached hydrogen (secondary N) is 3. The van der Waals surface area contributed by atoms with Crippen molar-refractivity contribution in [2.75, 3.05) is 42.7 Å². The lowest BCUT2D eigenvalue weighted by Gasteiger charge is -2.38. The summed E-state index contributed by atoms with van der Waals surface area (Å²) in [5, 5.41) is 20.0. The van der Waals surface area contributed by atoms with E-state index in [1.807, 2.05) is 43.3 Å². The number of nitrogens with zero attached hydrogens (tertiary/aromatic N) is 2. The summed E-state index contributed by atoms with van der Waals surface area (Å²) in [6.45, 7) is 3.47. The lowest BCUT2D eigenvalue weighted by molar-refractivity contribution is -0.137. The number of amides is 5. The summed E-state index contributed by atoms with van der Waals surface area (Å²) in [6.07, 6.45) is -5.22. The number of urea groups is 2. The van der Waals surface area contributed by atoms with Crippen LogP contribution in [0.1, 0.15) is 29.8 Å². The molecule has 1 heterocycles. The highest BCUT2D eigenvalue weighted by molar-refractivity contribution is 6.08. The molecule has 0 saturated carbocycles. The number of rotatable bonds is 7. The minimum absolute atomic E-state index is 0.0130. The van der Waals surface area contributed by atoms with Crippen molar-refractivity contribution in [2.24, 2.45) is 5.92 Å². The number of anilines is 3. The molecule has 1 aliphatic rings. The number of aliphatic hydroxyl groups excluding tert-OH is 1. The predicted molar refractivity (Wildman–Crippen MR) is 177 cm³/mol. The summed E-state index contributed by atoms with van der Waals surface area (Å²) < 4.78 is 45.4. The Balaban J connectivity index is 1.40. The first-order chi connectivity index (χ1) is 22.8. The number of aliphatic hydroxyl groups is 1. The van der Waals surface area contributed by atoms with Crippen molar-refractivity contribution in [3.63, 3.8) is 0 Å². The Kier molecular flexibility index (Phi) is 10.1. The number of alkyl halides is 3. The van der Waals surface area contributed by atoms with E-state index in [1.165, 1.54) is 29.0 Å². The van der Waals surface area contributed by atoms with Gasteiger partial charge in [0.05, 0.1) is 41.7 Å². The fraction of sp³-hybridized carbons (Fsp3) is 0.286. The van der Waals surface area contributed by atoms with Crippen molar-refractivity contribution in [3.8, 4) is 5.75 Å². The van der Waals surface area contributed by atoms with Crippen LogP contribution in [0.4, 0.5) is 39.8 Å². The third-order valence-corrected chi connectivity index (χ3v) is 8.24. The van der Waals surface area contributed by atoms with Crippen LogP contribution in [0.25, 0.3) is 10.8 Å². The zero-order chi connectivity index (χ0) is 34.6. The molecule has 0 aliphatic carbocycles. The molecule has 4 aromatic rings. The van der Waals surface area contributed by atoms with E-state index >= 15 is 0 Å². The molecule has 0 radical (unpaired) electrons. The van der Waals surface area contributed by atoms with Crippen molar-refractivity contribution in [2.45, 2.75) is 32.2 Å². The van der Waals surface area contributed by atoms with E-state index in [2.05, 4.69) is 16.0 Å². The van der Waals surface area contributed by atoms with Crippen LogP contribution in [0.2, 0.25) is 0 Å². The Morgan fingerprint density at radius 1 is 0.958 bits per heavy atom. The SMILES string of the molecule is C[C@H](CO)N1C[C@H](C)[C@@H](CN(C)C(=O)Nc2ccc(C(F)(F)F)cc2)Oc2c(NC(=O)Nc3cccc4ccccc34)cccc2C1=O. The Morgan fingerprint density at radius 2 is 1.60 bits per heavy atom. The summed E-state index contributed by atoms with van der Waals surface area (Å²) in [5.41, 5.74) is 0.291. The first kappa shape index (κ1) is 34.0. The molecular formula is C35H36F3N5O5. The second-order valence-electron chi connectivity index (χ2n) is 11.8. The van der Waals surface area contributed by atoms with Crippen LogP contribution in [0.15, 0.2) is 84.9 Å². The van der Waals surface area contributed by atoms with Crippen LogP contribution in [-0.2, 0) is 6.18 Å². The zero-order valence-electron chi connectivity index (χ0n) is 26.5. The molecule has 1 aliphatic heterocycles. The summed E-state index contributed by atoms with van der Waals surface area (Å²) in [7, 11) is 1.51. The minimum Gasteiger partial charge on any atom is -0.485 e. The molecule has 3 atom stereocenters. The standard InChI is InChI=1S/C35H36F3N5O5/c1-21-18-43(22(2)20-44)32(45)27-11-7-13-29(41-33(46)40-28-12-6-9-23-8-4-5-10-26(23)28)31(27)48-30(21)19-42(3)34(47)39-25-16-14-24(15-17-25)35(36,37)38/h4-17,21-22,30,44H,18-20H2,1-3H3,(H,39,47)(H2,40,41,46)/t21-,22+,30+/m0/s1. The summed E-state index contributed by atoms with van der Waals surface area (Å²) >= 11 is 0. The average Bonchev–Trinajstić information content (AvgIpc) is 3.06. The van der Waals surface area contributed by atoms with E-state index in [-0.39, 0.29) is 48.3 Å². The third-order valence-electron chi connectivity index (χ3n) is 8.24. The van der Waals surface area contributed by atoms with Gasteiger partial charge in [-0.25, -0.2) is 9.59 Å². The molecule has 5 rings (SSSR count). The normalized spacial score (nSPS) is 17.0. The smallest absolute Gasteiger partial charge is 0.416 e. The van der Waals surface area contributed by atoms with Crippen molar-refractivity contribution < 1.29 is 37.4 Å². The van der Waals surface area contributed by atoms with Crippen LogP contribution >= 0.6 is 0 Å². The van der Waals surface area contributed by atoms with Gasteiger partial charge in [-0.2, -0.15) is 13.2 Å². The molecule has 252 valence electrons. The highest BCUT2D eigenvalue weighted by Gasteiger charge is 2.35. The summed E-state index contributed by atoms with van der Waals surface area (Å²) in [6, 6.07) is 20.3. The number of para-hydroxylation sites is 1. The fourth-order valence-electron chi connectivity index (χ4n) is 5.48. The van der Waals surface area contributed by atoms with Gasteiger partial charge in [-0.1, -0.05) is 49.4 Å². The lowest BCUT2D eigenvalue weighted by atomic mass is 9.99. The van der Waals surface area contributed by atoms with E-state index in [9.17, 15) is 32.7 Å². The first-order valence-electron chi connectivity index (χ1n) is 15.3. The number of likely N-dealkylation sites (N-methyl/N-ethyl adjacent to an activating group) is 1. The van der Waals surface area contributed by atoms with Crippen molar-refractivity contribution in [1.29, 1.82) is 0 Å². The number of ether oxygens (including phenoxy) is 1. The third kappa shape index (κ3) is 7.63. The molecule has 0 fully saturated rings. The Labute approximate surface area is 275 Å². The fourth-order valence-corrected chi connectivity index (χ4v) is 5.48. The quantitative estimate of drug-likeness (QED) is 0.172. The van der Waals surface area contributed by atoms with Crippen molar-refractivity contribution in [1.82, 2.24) is 9.80 Å². The number of carbonyl (C=O) groups excluding carboxylic acids is 3. The van der Waals surface area contributed by atoms with Crippen LogP contribution in [-0.4, -0.2) is 71.8 Å². The van der Waals surface area contributed by atoms with Crippen LogP contribution < -0.4 is 20.7 Å². The second kappa shape index (κ2) is 14.2. The van der Waals surface area contributed by atoms with Crippen LogP contribution in [0, 0.1) is 5.92 Å². The average molecular weight is 664 g/mol. The number of benzene rings is 4. The maximum atomic E-state index is 13.8. The number of fused-ring (bicyclic) bond motifs is 2. The largest absolute Gasteiger partial charge is 0.485 e. The number of hydrogen-bond donors (Lipinski definition) is 4. The van der Waals surface area contributed by atoms with Crippen LogP contribution in [0.5, 0.6) is 5.75 Å². The van der Waals surface area contributed by atoms with Gasteiger partial charge in [0.1, 0.15) is 6.10 Å². The van der Waals surface area contributed by atoms with Gasteiger partial charge >= 0.3 is 18.2 Å². The molecule has 48 heavy (non-hydrogen) atoms. The van der Waals surface area contributed by atoms with Gasteiger partial charge in [0.15, 0.2) is 5.75 Å². The highest BCUT2D eigenvalue weighted by Crippen LogP contribution is 2.35. The maximum Gasteiger partial charge on any atom is 0.416 e. The molecule has 0 saturated heterocycles. The van der Waals surface area contributed by atoms with Gasteiger partial charge in [0.25, 0.3) is 5.91 Å². The molecule has 4 N–H and O–H groups in total. The van der Waals surface area contributed by atoms with Crippen molar-refractivity contribution >= 4 is 45.8 Å². The molecular weight excluding hydrogens is 627 g/mol. The number of carbonyl (C=O) groups is 3. The Morgan fingerprint density at radius 3 is 2.31 bits per heavy atom. The molecule has 0 aromatic heterocycles. The molecule has 0 spiro atoms. The van der Waals surface area contributed by atoms with E-state index < -0.39 is 41.9 Å². The van der Waals surface area contributed by atoms with Gasteiger partial charge in [0.2, 0.25) is 0 Å². The van der Waals surface area contributed by atoms with Gasteiger partial charge in [0, 0.05) is 30.6 Å². The topological polar surface area (TPSA) is 123 Å². The zero-order valence-corrected chi connectivity index (χ0v) is 26.5. The second-order valence-corrected chi connectivity index (χ2v) is 11.8. The minimum atomic E-state index is -4.51. The molecule has 5 amide bonds. The molecule has 0 bridgehead atoms. The lowest BCUT2D eigenvalue weighted by Crippen LogP contribution is -2.50. The van der Waals surface area contributed by atoms with Gasteiger partial charge in [-0.3, -0.25) is 4.79 Å². The van der Waals surface area contributed by atoms with Gasteiger partial charge < -0.3 is 35.6 Å². The number of halogens is 3. The molecule has 10 nitrogen and oxygen atoms in total. The van der Waals surface area contributed by atoms with E-state index in [0.29, 0.717) is 5.69 Å². The van der Waals surface area contributed by atoms with E-state index in [1.54, 1.807) is 31.2 Å². The van der Waals surface area contributed by atoms with E-state index in [4.69, 9.17) is 4.74 Å². The first-order valence-corrected chi connectivity index (χ1v) is 15.3. The monoisotopic (exact) mass is 663 g/mol. The number of hydrogen-bond acceptors (Lipinski definition) is 5. The van der Waals surface area contributed by atoms with Crippen LogP contribution in [0.3, 0.4) is 0 Å². The highest BCUT2D eigenvalue weighted by atomic mass is 19.4. The van der Waals surface area contributed by atoms with Gasteiger partial charge in [-0.05, 0) is 54.8 Å². The predicted octanol–water partition coefficient (Wildman–Crippen LogP) is 6.89.